The lowest BCUT2D eigenvalue weighted by molar-refractivity contribution is -0.140. The van der Waals surface area contributed by atoms with Crippen molar-refractivity contribution in [2.45, 2.75) is 19.7 Å². The van der Waals surface area contributed by atoms with Gasteiger partial charge < -0.3 is 15.0 Å². The van der Waals surface area contributed by atoms with Gasteiger partial charge in [0.2, 0.25) is 0 Å². The van der Waals surface area contributed by atoms with Crippen molar-refractivity contribution in [1.82, 2.24) is 15.0 Å². The maximum Gasteiger partial charge on any atom is 0.432 e. The number of carbonyl (C=O) groups excluding carboxylic acids is 1. The zero-order valence-electron chi connectivity index (χ0n) is 15.2. The zero-order valence-corrected chi connectivity index (χ0v) is 15.2. The number of halogens is 3. The van der Waals surface area contributed by atoms with Crippen LogP contribution in [0.15, 0.2) is 48.9 Å². The number of benzene rings is 1. The van der Waals surface area contributed by atoms with Crippen molar-refractivity contribution in [2.24, 2.45) is 0 Å². The minimum Gasteiger partial charge on any atom is -0.487 e. The molecule has 0 fully saturated rings. The summed E-state index contributed by atoms with van der Waals surface area (Å²) in [7, 11) is 0. The van der Waals surface area contributed by atoms with E-state index in [1.807, 2.05) is 6.07 Å². The molecule has 9 heteroatoms. The SMILES string of the molecule is CC#CC(=O)Nc1cc(-c2ncc(C(F)(F)F)[nH]2)ccc1OCc1cccnc1. The molecule has 0 saturated heterocycles. The van der Waals surface area contributed by atoms with Crippen LogP contribution in [0.2, 0.25) is 0 Å². The minimum absolute atomic E-state index is 0.00760. The summed E-state index contributed by atoms with van der Waals surface area (Å²) < 4.78 is 44.2. The second-order valence-corrected chi connectivity index (χ2v) is 5.83. The standard InChI is InChI=1S/C20H15F3N4O2/c1-2-4-18(28)26-15-9-14(19-25-11-17(27-19)20(21,22)23)6-7-16(15)29-12-13-5-3-8-24-10-13/h3,5-11H,12H2,1H3,(H,25,27)(H,26,28). The van der Waals surface area contributed by atoms with Gasteiger partial charge in [0, 0.05) is 23.5 Å². The van der Waals surface area contributed by atoms with E-state index in [1.165, 1.54) is 19.1 Å². The fourth-order valence-corrected chi connectivity index (χ4v) is 2.42. The van der Waals surface area contributed by atoms with Crippen molar-refractivity contribution in [3.05, 3.63) is 60.2 Å². The number of hydrogen-bond acceptors (Lipinski definition) is 4. The molecule has 1 amide bonds. The summed E-state index contributed by atoms with van der Waals surface area (Å²) in [6.07, 6.45) is -0.558. The number of imidazole rings is 1. The normalized spacial score (nSPS) is 10.8. The van der Waals surface area contributed by atoms with Gasteiger partial charge >= 0.3 is 6.18 Å². The average molecular weight is 400 g/mol. The molecule has 0 aliphatic carbocycles. The number of rotatable bonds is 5. The van der Waals surface area contributed by atoms with E-state index in [0.717, 1.165) is 5.56 Å². The van der Waals surface area contributed by atoms with Gasteiger partial charge in [-0.15, -0.1) is 0 Å². The number of H-pyrrole nitrogens is 1. The van der Waals surface area contributed by atoms with E-state index < -0.39 is 17.8 Å². The molecule has 0 atom stereocenters. The molecule has 0 bridgehead atoms. The molecule has 148 valence electrons. The third-order valence-electron chi connectivity index (χ3n) is 3.74. The molecule has 2 aromatic heterocycles. The van der Waals surface area contributed by atoms with Crippen molar-refractivity contribution in [1.29, 1.82) is 0 Å². The fourth-order valence-electron chi connectivity index (χ4n) is 2.42. The molecular formula is C20H15F3N4O2. The van der Waals surface area contributed by atoms with E-state index in [-0.39, 0.29) is 18.1 Å². The van der Waals surface area contributed by atoms with Crippen LogP contribution in [0.25, 0.3) is 11.4 Å². The number of pyridine rings is 1. The third kappa shape index (κ3) is 5.13. The van der Waals surface area contributed by atoms with Gasteiger partial charge in [0.05, 0.1) is 11.9 Å². The number of aromatic amines is 1. The van der Waals surface area contributed by atoms with Crippen molar-refractivity contribution in [3.8, 4) is 29.0 Å². The molecule has 0 radical (unpaired) electrons. The number of aromatic nitrogens is 3. The van der Waals surface area contributed by atoms with Gasteiger partial charge in [0.25, 0.3) is 5.91 Å². The summed E-state index contributed by atoms with van der Waals surface area (Å²) in [5.74, 6) is 4.57. The Hall–Kier alpha value is -3.80. The monoisotopic (exact) mass is 400 g/mol. The molecule has 0 unspecified atom stereocenters. The van der Waals surface area contributed by atoms with Gasteiger partial charge in [0.15, 0.2) is 0 Å². The molecule has 0 saturated carbocycles. The van der Waals surface area contributed by atoms with Gasteiger partial charge in [-0.3, -0.25) is 9.78 Å². The van der Waals surface area contributed by atoms with Crippen LogP contribution in [0, 0.1) is 11.8 Å². The van der Waals surface area contributed by atoms with Gasteiger partial charge in [-0.05, 0) is 37.1 Å². The van der Waals surface area contributed by atoms with Crippen molar-refractivity contribution >= 4 is 11.6 Å². The zero-order chi connectivity index (χ0) is 20.9. The fraction of sp³-hybridized carbons (Fsp3) is 0.150. The van der Waals surface area contributed by atoms with Crippen LogP contribution in [-0.4, -0.2) is 20.9 Å². The van der Waals surface area contributed by atoms with E-state index in [2.05, 4.69) is 32.1 Å². The number of nitrogens with one attached hydrogen (secondary N) is 2. The van der Waals surface area contributed by atoms with Crippen LogP contribution >= 0.6 is 0 Å². The number of nitrogens with zero attached hydrogens (tertiary/aromatic N) is 2. The summed E-state index contributed by atoms with van der Waals surface area (Å²) in [5, 5.41) is 2.58. The van der Waals surface area contributed by atoms with Gasteiger partial charge in [-0.25, -0.2) is 4.98 Å². The number of carbonyl (C=O) groups is 1. The summed E-state index contributed by atoms with van der Waals surface area (Å²) in [6, 6.07) is 8.13. The molecule has 2 heterocycles. The van der Waals surface area contributed by atoms with E-state index in [9.17, 15) is 18.0 Å². The van der Waals surface area contributed by atoms with E-state index >= 15 is 0 Å². The lowest BCUT2D eigenvalue weighted by Crippen LogP contribution is -2.10. The number of anilines is 1. The van der Waals surface area contributed by atoms with Crippen LogP contribution in [0.3, 0.4) is 0 Å². The first-order chi connectivity index (χ1) is 13.9. The van der Waals surface area contributed by atoms with Crippen LogP contribution in [0.4, 0.5) is 18.9 Å². The maximum atomic E-state index is 12.8. The minimum atomic E-state index is -4.54. The lowest BCUT2D eigenvalue weighted by Gasteiger charge is -2.13. The summed E-state index contributed by atoms with van der Waals surface area (Å²) >= 11 is 0. The smallest absolute Gasteiger partial charge is 0.432 e. The molecular weight excluding hydrogens is 385 g/mol. The Kier molecular flexibility index (Phi) is 5.83. The van der Waals surface area contributed by atoms with Crippen molar-refractivity contribution < 1.29 is 22.7 Å². The Labute approximate surface area is 164 Å². The number of ether oxygens (including phenoxy) is 1. The van der Waals surface area contributed by atoms with Gasteiger partial charge in [0.1, 0.15) is 23.9 Å². The summed E-state index contributed by atoms with van der Waals surface area (Å²) in [5.41, 5.74) is 0.438. The molecule has 1 aromatic carbocycles. The van der Waals surface area contributed by atoms with Crippen molar-refractivity contribution in [3.63, 3.8) is 0 Å². The Morgan fingerprint density at radius 2 is 2.10 bits per heavy atom. The Morgan fingerprint density at radius 1 is 1.28 bits per heavy atom. The highest BCUT2D eigenvalue weighted by Gasteiger charge is 2.33. The van der Waals surface area contributed by atoms with Gasteiger partial charge in [-0.1, -0.05) is 12.0 Å². The molecule has 6 nitrogen and oxygen atoms in total. The molecule has 3 aromatic rings. The number of hydrogen-bond donors (Lipinski definition) is 2. The molecule has 29 heavy (non-hydrogen) atoms. The highest BCUT2D eigenvalue weighted by atomic mass is 19.4. The molecule has 2 N–H and O–H groups in total. The van der Waals surface area contributed by atoms with Crippen LogP contribution in [0.1, 0.15) is 18.2 Å². The predicted octanol–water partition coefficient (Wildman–Crippen LogP) is 4.03. The second kappa shape index (κ2) is 8.48. The Bertz CT molecular complexity index is 1070. The molecule has 0 aliphatic rings. The predicted molar refractivity (Wildman–Crippen MR) is 99.7 cm³/mol. The second-order valence-electron chi connectivity index (χ2n) is 5.83. The lowest BCUT2D eigenvalue weighted by atomic mass is 10.1. The topological polar surface area (TPSA) is 79.9 Å². The first kappa shape index (κ1) is 19.9. The highest BCUT2D eigenvalue weighted by molar-refractivity contribution is 6.05. The quantitative estimate of drug-likeness (QED) is 0.634. The van der Waals surface area contributed by atoms with E-state index in [0.29, 0.717) is 17.5 Å². The van der Waals surface area contributed by atoms with Crippen LogP contribution in [-0.2, 0) is 17.6 Å². The highest BCUT2D eigenvalue weighted by Crippen LogP contribution is 2.33. The largest absolute Gasteiger partial charge is 0.487 e. The molecule has 0 aliphatic heterocycles. The average Bonchev–Trinajstić information content (AvgIpc) is 3.19. The van der Waals surface area contributed by atoms with Crippen LogP contribution in [0.5, 0.6) is 5.75 Å². The van der Waals surface area contributed by atoms with E-state index in [1.54, 1.807) is 24.5 Å². The summed E-state index contributed by atoms with van der Waals surface area (Å²) in [6.45, 7) is 1.70. The Morgan fingerprint density at radius 3 is 2.76 bits per heavy atom. The summed E-state index contributed by atoms with van der Waals surface area (Å²) in [4.78, 5) is 21.9. The van der Waals surface area contributed by atoms with E-state index in [4.69, 9.17) is 4.74 Å². The number of amides is 1. The first-order valence-electron chi connectivity index (χ1n) is 8.39. The first-order valence-corrected chi connectivity index (χ1v) is 8.39. The van der Waals surface area contributed by atoms with Gasteiger partial charge in [-0.2, -0.15) is 13.2 Å². The van der Waals surface area contributed by atoms with Crippen molar-refractivity contribution in [2.75, 3.05) is 5.32 Å². The maximum absolute atomic E-state index is 12.8. The molecule has 0 spiro atoms. The Balaban J connectivity index is 1.90. The van der Waals surface area contributed by atoms with Crippen LogP contribution < -0.4 is 10.1 Å². The number of alkyl halides is 3. The third-order valence-corrected chi connectivity index (χ3v) is 3.74. The molecule has 3 rings (SSSR count).